The second-order valence-corrected chi connectivity index (χ2v) is 6.53. The fourth-order valence-corrected chi connectivity index (χ4v) is 3.25. The van der Waals surface area contributed by atoms with Crippen LogP contribution in [0.1, 0.15) is 19.3 Å². The Hall–Kier alpha value is -0.200. The quantitative estimate of drug-likeness (QED) is 0.247. The predicted octanol–water partition coefficient (Wildman–Crippen LogP) is 0.153. The van der Waals surface area contributed by atoms with Crippen LogP contribution < -0.4 is 11.1 Å². The molecule has 25 heavy (non-hydrogen) atoms. The van der Waals surface area contributed by atoms with Crippen LogP contribution in [0.3, 0.4) is 0 Å². The molecule has 3 heterocycles. The van der Waals surface area contributed by atoms with E-state index in [0.29, 0.717) is 32.3 Å². The third kappa shape index (κ3) is 6.79. The Labute approximate surface area is 166 Å². The average molecular weight is 470 g/mol. The Morgan fingerprint density at radius 1 is 1.16 bits per heavy atom. The van der Waals surface area contributed by atoms with Crippen molar-refractivity contribution in [3.63, 3.8) is 0 Å². The molecule has 0 radical (unpaired) electrons. The largest absolute Gasteiger partial charge is 0.381 e. The van der Waals surface area contributed by atoms with Crippen molar-refractivity contribution in [3.05, 3.63) is 0 Å². The molecule has 0 saturated carbocycles. The van der Waals surface area contributed by atoms with Crippen molar-refractivity contribution in [2.75, 3.05) is 65.8 Å². The van der Waals surface area contributed by atoms with Gasteiger partial charge in [-0.15, -0.1) is 24.0 Å². The SMILES string of the molecule is I.NC(=NCC1COC2(CCOCC2)O1)NCCCN1CCOCC1. The van der Waals surface area contributed by atoms with Crippen LogP contribution in [0.5, 0.6) is 0 Å². The molecule has 1 unspecified atom stereocenters. The molecule has 8 nitrogen and oxygen atoms in total. The Morgan fingerprint density at radius 3 is 2.64 bits per heavy atom. The number of hydrogen-bond acceptors (Lipinski definition) is 6. The number of morpholine rings is 1. The highest BCUT2D eigenvalue weighted by atomic mass is 127. The molecule has 3 N–H and O–H groups in total. The van der Waals surface area contributed by atoms with E-state index >= 15 is 0 Å². The normalized spacial score (nSPS) is 27.2. The van der Waals surface area contributed by atoms with Gasteiger partial charge in [-0.2, -0.15) is 0 Å². The zero-order chi connectivity index (χ0) is 16.7. The van der Waals surface area contributed by atoms with E-state index in [1.165, 1.54) is 0 Å². The summed E-state index contributed by atoms with van der Waals surface area (Å²) in [5, 5.41) is 3.17. The van der Waals surface area contributed by atoms with Crippen LogP contribution >= 0.6 is 24.0 Å². The van der Waals surface area contributed by atoms with Gasteiger partial charge in [0, 0.05) is 32.5 Å². The summed E-state index contributed by atoms with van der Waals surface area (Å²) in [6, 6.07) is 0. The second kappa shape index (κ2) is 10.8. The Morgan fingerprint density at radius 2 is 1.88 bits per heavy atom. The summed E-state index contributed by atoms with van der Waals surface area (Å²) in [5.74, 6) is 0.0344. The number of nitrogens with two attached hydrogens (primary N) is 1. The van der Waals surface area contributed by atoms with Crippen LogP contribution in [0.2, 0.25) is 0 Å². The van der Waals surface area contributed by atoms with Crippen LogP contribution in [0.4, 0.5) is 0 Å². The van der Waals surface area contributed by atoms with Gasteiger partial charge in [-0.3, -0.25) is 9.89 Å². The zero-order valence-electron chi connectivity index (χ0n) is 14.8. The molecule has 9 heteroatoms. The Bertz CT molecular complexity index is 415. The van der Waals surface area contributed by atoms with Crippen molar-refractivity contribution in [2.24, 2.45) is 10.7 Å². The maximum atomic E-state index is 6.03. The molecule has 3 aliphatic heterocycles. The van der Waals surface area contributed by atoms with Crippen molar-refractivity contribution in [1.29, 1.82) is 0 Å². The lowest BCUT2D eigenvalue weighted by molar-refractivity contribution is -0.210. The number of guanidine groups is 1. The fourth-order valence-electron chi connectivity index (χ4n) is 3.25. The lowest BCUT2D eigenvalue weighted by Crippen LogP contribution is -2.39. The van der Waals surface area contributed by atoms with E-state index in [1.807, 2.05) is 0 Å². The number of aliphatic imine (C=N–C) groups is 1. The molecular weight excluding hydrogens is 439 g/mol. The Kier molecular flexibility index (Phi) is 9.14. The molecule has 1 spiro atoms. The average Bonchev–Trinajstić information content (AvgIpc) is 3.01. The summed E-state index contributed by atoms with van der Waals surface area (Å²) in [7, 11) is 0. The van der Waals surface area contributed by atoms with Crippen molar-refractivity contribution >= 4 is 29.9 Å². The molecule has 0 aromatic carbocycles. The van der Waals surface area contributed by atoms with Gasteiger partial charge < -0.3 is 30.0 Å². The van der Waals surface area contributed by atoms with Gasteiger partial charge in [0.25, 0.3) is 0 Å². The number of rotatable bonds is 6. The van der Waals surface area contributed by atoms with Crippen LogP contribution in [0.25, 0.3) is 0 Å². The summed E-state index contributed by atoms with van der Waals surface area (Å²) in [4.78, 5) is 6.79. The smallest absolute Gasteiger partial charge is 0.188 e. The fraction of sp³-hybridized carbons (Fsp3) is 0.938. The number of hydrogen-bond donors (Lipinski definition) is 2. The number of nitrogens with zero attached hydrogens (tertiary/aromatic N) is 2. The first-order valence-electron chi connectivity index (χ1n) is 8.99. The third-order valence-corrected chi connectivity index (χ3v) is 4.69. The van der Waals surface area contributed by atoms with E-state index in [0.717, 1.165) is 58.7 Å². The molecule has 3 saturated heterocycles. The van der Waals surface area contributed by atoms with Crippen molar-refractivity contribution < 1.29 is 18.9 Å². The van der Waals surface area contributed by atoms with Crippen molar-refractivity contribution in [2.45, 2.75) is 31.2 Å². The van der Waals surface area contributed by atoms with Crippen LogP contribution in [-0.4, -0.2) is 88.5 Å². The minimum Gasteiger partial charge on any atom is -0.381 e. The highest BCUT2D eigenvalue weighted by molar-refractivity contribution is 14.0. The van der Waals surface area contributed by atoms with Crippen molar-refractivity contribution in [1.82, 2.24) is 10.2 Å². The molecule has 0 amide bonds. The number of nitrogens with one attached hydrogen (secondary N) is 1. The molecule has 0 aromatic rings. The van der Waals surface area contributed by atoms with Gasteiger partial charge in [0.1, 0.15) is 6.10 Å². The van der Waals surface area contributed by atoms with Gasteiger partial charge in [-0.25, -0.2) is 0 Å². The Balaban J connectivity index is 0.00000225. The summed E-state index contributed by atoms with van der Waals surface area (Å²) in [5.41, 5.74) is 5.93. The first-order chi connectivity index (χ1) is 11.8. The van der Waals surface area contributed by atoms with E-state index in [2.05, 4.69) is 15.2 Å². The lowest BCUT2D eigenvalue weighted by Gasteiger charge is -2.31. The molecule has 0 bridgehead atoms. The molecular formula is C16H31IN4O4. The first kappa shape index (κ1) is 21.1. The van der Waals surface area contributed by atoms with Crippen LogP contribution in [-0.2, 0) is 18.9 Å². The maximum absolute atomic E-state index is 6.03. The summed E-state index contributed by atoms with van der Waals surface area (Å²) in [6.07, 6.45) is 2.62. The van der Waals surface area contributed by atoms with Gasteiger partial charge in [0.15, 0.2) is 11.7 Å². The van der Waals surface area contributed by atoms with Crippen LogP contribution in [0.15, 0.2) is 4.99 Å². The van der Waals surface area contributed by atoms with E-state index in [9.17, 15) is 0 Å². The van der Waals surface area contributed by atoms with Crippen molar-refractivity contribution in [3.8, 4) is 0 Å². The molecule has 0 aromatic heterocycles. The molecule has 3 rings (SSSR count). The first-order valence-corrected chi connectivity index (χ1v) is 8.99. The molecule has 1 atom stereocenters. The minimum absolute atomic E-state index is 0. The van der Waals surface area contributed by atoms with Gasteiger partial charge in [-0.1, -0.05) is 0 Å². The van der Waals surface area contributed by atoms with Gasteiger partial charge in [0.05, 0.1) is 39.6 Å². The van der Waals surface area contributed by atoms with E-state index in [1.54, 1.807) is 0 Å². The second-order valence-electron chi connectivity index (χ2n) is 6.53. The number of halogens is 1. The highest BCUT2D eigenvalue weighted by Gasteiger charge is 2.42. The van der Waals surface area contributed by atoms with Gasteiger partial charge in [-0.05, 0) is 13.0 Å². The molecule has 0 aliphatic carbocycles. The molecule has 3 aliphatic rings. The van der Waals surface area contributed by atoms with E-state index < -0.39 is 5.79 Å². The lowest BCUT2D eigenvalue weighted by atomic mass is 10.1. The molecule has 146 valence electrons. The van der Waals surface area contributed by atoms with E-state index in [-0.39, 0.29) is 30.1 Å². The standard InChI is InChI=1S/C16H30N4O4.HI/c17-15(18-4-1-5-20-6-10-22-11-7-20)19-12-14-13-23-16(24-14)2-8-21-9-3-16;/h14H,1-13H2,(H3,17,18,19);1H. The minimum atomic E-state index is -0.446. The summed E-state index contributed by atoms with van der Waals surface area (Å²) in [6.45, 7) is 8.13. The maximum Gasteiger partial charge on any atom is 0.188 e. The van der Waals surface area contributed by atoms with Gasteiger partial charge in [0.2, 0.25) is 0 Å². The van der Waals surface area contributed by atoms with E-state index in [4.69, 9.17) is 24.7 Å². The summed E-state index contributed by atoms with van der Waals surface area (Å²) < 4.78 is 22.6. The topological polar surface area (TPSA) is 90.6 Å². The third-order valence-electron chi connectivity index (χ3n) is 4.69. The molecule has 3 fully saturated rings. The summed E-state index contributed by atoms with van der Waals surface area (Å²) >= 11 is 0. The highest BCUT2D eigenvalue weighted by Crippen LogP contribution is 2.33. The predicted molar refractivity (Wildman–Crippen MR) is 105 cm³/mol. The monoisotopic (exact) mass is 470 g/mol. The zero-order valence-corrected chi connectivity index (χ0v) is 17.1. The van der Waals surface area contributed by atoms with Crippen LogP contribution in [0, 0.1) is 0 Å². The number of ether oxygens (including phenoxy) is 4. The van der Waals surface area contributed by atoms with Gasteiger partial charge >= 0.3 is 0 Å².